The number of hydrogen-bond acceptors (Lipinski definition) is 3. The summed E-state index contributed by atoms with van der Waals surface area (Å²) in [5.74, 6) is -2.13. The van der Waals surface area contributed by atoms with Crippen molar-refractivity contribution in [2.45, 2.75) is 6.18 Å². The van der Waals surface area contributed by atoms with E-state index in [1.165, 1.54) is 18.2 Å². The zero-order chi connectivity index (χ0) is 24.3. The summed E-state index contributed by atoms with van der Waals surface area (Å²) in [4.78, 5) is 26.3. The molecule has 7 heteroatoms. The molecule has 0 aromatic heterocycles. The van der Waals surface area contributed by atoms with Gasteiger partial charge < -0.3 is 4.57 Å². The maximum Gasteiger partial charge on any atom is 0.416 e. The van der Waals surface area contributed by atoms with E-state index >= 15 is 0 Å². The van der Waals surface area contributed by atoms with Gasteiger partial charge in [0.15, 0.2) is 7.14 Å². The Morgan fingerprint density at radius 3 is 1.71 bits per heavy atom. The minimum atomic E-state index is -4.66. The van der Waals surface area contributed by atoms with Crippen molar-refractivity contribution < 1.29 is 27.3 Å². The normalized spacial score (nSPS) is 11.7. The van der Waals surface area contributed by atoms with Crippen LogP contribution in [0.3, 0.4) is 0 Å². The molecule has 3 nitrogen and oxygen atoms in total. The van der Waals surface area contributed by atoms with Gasteiger partial charge in [0.1, 0.15) is 0 Å². The molecule has 4 aromatic rings. The predicted octanol–water partition coefficient (Wildman–Crippen LogP) is 5.41. The van der Waals surface area contributed by atoms with Crippen molar-refractivity contribution >= 4 is 34.6 Å². The molecule has 0 saturated heterocycles. The Balaban J connectivity index is 1.86. The van der Waals surface area contributed by atoms with Crippen LogP contribution in [-0.4, -0.2) is 11.6 Å². The Morgan fingerprint density at radius 2 is 1.15 bits per heavy atom. The highest BCUT2D eigenvalue weighted by atomic mass is 31.2. The molecule has 0 bridgehead atoms. The van der Waals surface area contributed by atoms with Gasteiger partial charge in [0.05, 0.1) is 5.56 Å². The number of Topliss-reactive ketones (excluding diaryl/α,β-unsaturated/α-hetero) is 2. The Kier molecular flexibility index (Phi) is 6.36. The van der Waals surface area contributed by atoms with E-state index in [1.807, 2.05) is 0 Å². The molecule has 0 radical (unpaired) electrons. The lowest BCUT2D eigenvalue weighted by atomic mass is 10.00. The topological polar surface area (TPSA) is 51.2 Å². The van der Waals surface area contributed by atoms with Crippen LogP contribution in [0, 0.1) is 0 Å². The zero-order valence-electron chi connectivity index (χ0n) is 17.7. The van der Waals surface area contributed by atoms with Gasteiger partial charge in [-0.05, 0) is 12.1 Å². The van der Waals surface area contributed by atoms with Gasteiger partial charge in [0.25, 0.3) is 0 Å². The highest BCUT2D eigenvalue weighted by molar-refractivity contribution is 7.85. The molecule has 0 atom stereocenters. The van der Waals surface area contributed by atoms with E-state index in [4.69, 9.17) is 0 Å². The van der Waals surface area contributed by atoms with Gasteiger partial charge in [0, 0.05) is 27.0 Å². The van der Waals surface area contributed by atoms with Gasteiger partial charge in [-0.3, -0.25) is 9.59 Å². The molecule has 0 unspecified atom stereocenters. The van der Waals surface area contributed by atoms with Crippen LogP contribution >= 0.6 is 7.14 Å². The smallest absolute Gasteiger partial charge is 0.309 e. The standard InChI is InChI=1S/C27H18F3O3P/c28-27(29,30)20-11-9-10-19(18-20)25(31)26(32)23-16-7-8-17-24(23)34(33,21-12-3-1-4-13-21)22-14-5-2-6-15-22/h1-18H. The van der Waals surface area contributed by atoms with Crippen LogP contribution in [0.1, 0.15) is 26.3 Å². The zero-order valence-corrected chi connectivity index (χ0v) is 18.6. The second-order valence-electron chi connectivity index (χ2n) is 7.53. The highest BCUT2D eigenvalue weighted by Gasteiger charge is 2.35. The molecular weight excluding hydrogens is 460 g/mol. The molecule has 0 aliphatic rings. The number of carbonyl (C=O) groups excluding carboxylic acids is 2. The lowest BCUT2D eigenvalue weighted by Crippen LogP contribution is -2.30. The Labute approximate surface area is 194 Å². The van der Waals surface area contributed by atoms with Gasteiger partial charge >= 0.3 is 6.18 Å². The van der Waals surface area contributed by atoms with E-state index in [9.17, 15) is 27.3 Å². The second-order valence-corrected chi connectivity index (χ2v) is 10.3. The minimum Gasteiger partial charge on any atom is -0.309 e. The van der Waals surface area contributed by atoms with E-state index in [0.717, 1.165) is 18.2 Å². The third kappa shape index (κ3) is 4.37. The van der Waals surface area contributed by atoms with E-state index < -0.39 is 30.4 Å². The average Bonchev–Trinajstić information content (AvgIpc) is 2.88. The van der Waals surface area contributed by atoms with Crippen LogP contribution in [0.25, 0.3) is 0 Å². The third-order valence-electron chi connectivity index (χ3n) is 5.39. The average molecular weight is 478 g/mol. The lowest BCUT2D eigenvalue weighted by molar-refractivity contribution is -0.137. The fraction of sp³-hybridized carbons (Fsp3) is 0.0370. The molecule has 0 spiro atoms. The van der Waals surface area contributed by atoms with Crippen LogP contribution in [0.4, 0.5) is 13.2 Å². The Morgan fingerprint density at radius 1 is 0.618 bits per heavy atom. The molecular formula is C27H18F3O3P. The van der Waals surface area contributed by atoms with E-state index in [-0.39, 0.29) is 16.4 Å². The first kappa shape index (κ1) is 23.4. The predicted molar refractivity (Wildman–Crippen MR) is 126 cm³/mol. The van der Waals surface area contributed by atoms with E-state index in [2.05, 4.69) is 0 Å². The molecule has 0 aliphatic carbocycles. The summed E-state index contributed by atoms with van der Waals surface area (Å²) < 4.78 is 54.0. The first-order valence-electron chi connectivity index (χ1n) is 10.3. The highest BCUT2D eigenvalue weighted by Crippen LogP contribution is 2.43. The van der Waals surface area contributed by atoms with Crippen LogP contribution < -0.4 is 15.9 Å². The Hall–Kier alpha value is -3.76. The largest absolute Gasteiger partial charge is 0.416 e. The summed E-state index contributed by atoms with van der Waals surface area (Å²) in [5, 5.41) is 1.08. The van der Waals surface area contributed by atoms with E-state index in [0.29, 0.717) is 16.7 Å². The molecule has 4 rings (SSSR count). The van der Waals surface area contributed by atoms with Crippen molar-refractivity contribution in [2.75, 3.05) is 0 Å². The molecule has 170 valence electrons. The number of halogens is 3. The molecule has 0 aliphatic heterocycles. The molecule has 0 amide bonds. The van der Waals surface area contributed by atoms with Crippen LogP contribution in [0.5, 0.6) is 0 Å². The summed E-state index contributed by atoms with van der Waals surface area (Å²) >= 11 is 0. The lowest BCUT2D eigenvalue weighted by Gasteiger charge is -2.22. The van der Waals surface area contributed by atoms with Crippen molar-refractivity contribution in [2.24, 2.45) is 0 Å². The maximum absolute atomic E-state index is 14.7. The third-order valence-corrected chi connectivity index (χ3v) is 8.51. The van der Waals surface area contributed by atoms with Crippen molar-refractivity contribution in [3.8, 4) is 0 Å². The van der Waals surface area contributed by atoms with Gasteiger partial charge in [-0.2, -0.15) is 13.2 Å². The van der Waals surface area contributed by atoms with E-state index in [1.54, 1.807) is 66.7 Å². The number of rotatable bonds is 6. The first-order chi connectivity index (χ1) is 16.2. The monoisotopic (exact) mass is 478 g/mol. The molecule has 34 heavy (non-hydrogen) atoms. The van der Waals surface area contributed by atoms with Crippen molar-refractivity contribution in [3.63, 3.8) is 0 Å². The summed E-state index contributed by atoms with van der Waals surface area (Å²) in [6.45, 7) is 0. The van der Waals surface area contributed by atoms with Crippen molar-refractivity contribution in [1.82, 2.24) is 0 Å². The van der Waals surface area contributed by atoms with Crippen LogP contribution in [-0.2, 0) is 10.7 Å². The maximum atomic E-state index is 14.7. The molecule has 0 fully saturated rings. The van der Waals surface area contributed by atoms with Gasteiger partial charge in [-0.25, -0.2) is 0 Å². The van der Waals surface area contributed by atoms with Crippen molar-refractivity contribution in [3.05, 3.63) is 126 Å². The summed E-state index contributed by atoms with van der Waals surface area (Å²) in [6, 6.07) is 26.9. The van der Waals surface area contributed by atoms with Gasteiger partial charge in [0.2, 0.25) is 11.6 Å². The number of carbonyl (C=O) groups is 2. The minimum absolute atomic E-state index is 0.110. The second kappa shape index (κ2) is 9.24. The summed E-state index contributed by atoms with van der Waals surface area (Å²) in [5.41, 5.74) is -1.52. The van der Waals surface area contributed by atoms with Crippen molar-refractivity contribution in [1.29, 1.82) is 0 Å². The molecule has 0 saturated carbocycles. The molecule has 0 heterocycles. The van der Waals surface area contributed by atoms with Gasteiger partial charge in [-0.15, -0.1) is 0 Å². The number of alkyl halides is 3. The number of ketones is 2. The summed E-state index contributed by atoms with van der Waals surface area (Å²) in [7, 11) is -3.59. The number of hydrogen-bond donors (Lipinski definition) is 0. The van der Waals surface area contributed by atoms with Gasteiger partial charge in [-0.1, -0.05) is 97.1 Å². The number of benzene rings is 4. The molecule has 4 aromatic carbocycles. The SMILES string of the molecule is O=C(C(=O)c1ccccc1P(=O)(c1ccccc1)c1ccccc1)c1cccc(C(F)(F)F)c1. The molecule has 0 N–H and O–H groups in total. The Bertz CT molecular complexity index is 1350. The fourth-order valence-electron chi connectivity index (χ4n) is 3.73. The quantitative estimate of drug-likeness (QED) is 0.212. The van der Waals surface area contributed by atoms with Crippen LogP contribution in [0.15, 0.2) is 109 Å². The van der Waals surface area contributed by atoms with Crippen LogP contribution in [0.2, 0.25) is 0 Å². The summed E-state index contributed by atoms with van der Waals surface area (Å²) in [6.07, 6.45) is -4.66. The fourth-order valence-corrected chi connectivity index (χ4v) is 6.58. The first-order valence-corrected chi connectivity index (χ1v) is 12.0.